The number of benzene rings is 2. The summed E-state index contributed by atoms with van der Waals surface area (Å²) in [5.74, 6) is 1.81. The highest BCUT2D eigenvalue weighted by molar-refractivity contribution is 5.61. The number of oxazole rings is 1. The molecule has 1 aliphatic heterocycles. The van der Waals surface area contributed by atoms with Gasteiger partial charge in [0.15, 0.2) is 0 Å². The summed E-state index contributed by atoms with van der Waals surface area (Å²) >= 11 is 0. The minimum Gasteiger partial charge on any atom is -0.494 e. The van der Waals surface area contributed by atoms with Gasteiger partial charge in [0.1, 0.15) is 11.8 Å². The lowest BCUT2D eigenvalue weighted by Gasteiger charge is -2.35. The number of piperazine rings is 1. The van der Waals surface area contributed by atoms with E-state index in [9.17, 15) is 5.26 Å². The number of aromatic nitrogens is 1. The quantitative estimate of drug-likeness (QED) is 0.674. The standard InChI is InChI=1S/C22H22N4O2/c1-2-27-19-10-8-17(9-11-19)21-24-20(16-23)22(28-21)26-14-12-25(13-15-26)18-6-4-3-5-7-18/h3-11H,2,12-15H2,1H3. The summed E-state index contributed by atoms with van der Waals surface area (Å²) in [6, 6.07) is 20.1. The lowest BCUT2D eigenvalue weighted by atomic mass is 10.2. The number of hydrogen-bond acceptors (Lipinski definition) is 6. The molecule has 142 valence electrons. The van der Waals surface area contributed by atoms with Crippen molar-refractivity contribution < 1.29 is 9.15 Å². The Balaban J connectivity index is 1.50. The highest BCUT2D eigenvalue weighted by Gasteiger charge is 2.24. The number of ether oxygens (including phenoxy) is 1. The van der Waals surface area contributed by atoms with Crippen LogP contribution < -0.4 is 14.5 Å². The van der Waals surface area contributed by atoms with E-state index in [1.54, 1.807) is 0 Å². The summed E-state index contributed by atoms with van der Waals surface area (Å²) in [5.41, 5.74) is 2.38. The van der Waals surface area contributed by atoms with Gasteiger partial charge in [-0.3, -0.25) is 0 Å². The van der Waals surface area contributed by atoms with E-state index in [-0.39, 0.29) is 0 Å². The third-order valence-corrected chi connectivity index (χ3v) is 4.82. The van der Waals surface area contributed by atoms with Crippen LogP contribution in [-0.2, 0) is 0 Å². The third-order valence-electron chi connectivity index (χ3n) is 4.82. The molecule has 1 aliphatic rings. The Morgan fingerprint density at radius 1 is 1.00 bits per heavy atom. The van der Waals surface area contributed by atoms with E-state index in [1.807, 2.05) is 37.3 Å². The zero-order valence-electron chi connectivity index (χ0n) is 15.8. The van der Waals surface area contributed by atoms with Crippen LogP contribution in [0.3, 0.4) is 0 Å². The molecule has 28 heavy (non-hydrogen) atoms. The minimum atomic E-state index is 0.331. The molecule has 3 aromatic rings. The second kappa shape index (κ2) is 8.05. The topological polar surface area (TPSA) is 65.5 Å². The number of anilines is 2. The fourth-order valence-electron chi connectivity index (χ4n) is 3.39. The highest BCUT2D eigenvalue weighted by atomic mass is 16.5. The van der Waals surface area contributed by atoms with E-state index in [2.05, 4.69) is 45.1 Å². The average Bonchev–Trinajstić information content (AvgIpc) is 3.20. The van der Waals surface area contributed by atoms with Crippen LogP contribution in [0.4, 0.5) is 11.6 Å². The minimum absolute atomic E-state index is 0.331. The maximum Gasteiger partial charge on any atom is 0.235 e. The molecule has 4 rings (SSSR count). The third kappa shape index (κ3) is 3.65. The predicted octanol–water partition coefficient (Wildman–Crippen LogP) is 3.94. The SMILES string of the molecule is CCOc1ccc(-c2nc(C#N)c(N3CCN(c4ccccc4)CC3)o2)cc1. The number of hydrogen-bond donors (Lipinski definition) is 0. The first kappa shape index (κ1) is 17.9. The first-order valence-corrected chi connectivity index (χ1v) is 9.47. The van der Waals surface area contributed by atoms with Gasteiger partial charge in [-0.25, -0.2) is 0 Å². The molecule has 1 saturated heterocycles. The molecule has 1 aromatic heterocycles. The zero-order chi connectivity index (χ0) is 19.3. The van der Waals surface area contributed by atoms with Crippen molar-refractivity contribution in [2.24, 2.45) is 0 Å². The fraction of sp³-hybridized carbons (Fsp3) is 0.273. The van der Waals surface area contributed by atoms with E-state index in [0.29, 0.717) is 24.1 Å². The Morgan fingerprint density at radius 3 is 2.32 bits per heavy atom. The zero-order valence-corrected chi connectivity index (χ0v) is 15.8. The fourth-order valence-corrected chi connectivity index (χ4v) is 3.39. The molecule has 0 atom stereocenters. The number of nitriles is 1. The van der Waals surface area contributed by atoms with Crippen molar-refractivity contribution in [3.8, 4) is 23.3 Å². The van der Waals surface area contributed by atoms with Gasteiger partial charge >= 0.3 is 0 Å². The first-order valence-electron chi connectivity index (χ1n) is 9.47. The van der Waals surface area contributed by atoms with Gasteiger partial charge in [-0.15, -0.1) is 0 Å². The molecule has 0 radical (unpaired) electrons. The van der Waals surface area contributed by atoms with Gasteiger partial charge < -0.3 is 19.0 Å². The van der Waals surface area contributed by atoms with E-state index in [4.69, 9.17) is 9.15 Å². The molecule has 0 saturated carbocycles. The van der Waals surface area contributed by atoms with Gasteiger partial charge in [-0.1, -0.05) is 18.2 Å². The van der Waals surface area contributed by atoms with Gasteiger partial charge in [0.05, 0.1) is 6.61 Å². The second-order valence-corrected chi connectivity index (χ2v) is 6.55. The molecule has 0 N–H and O–H groups in total. The van der Waals surface area contributed by atoms with Crippen molar-refractivity contribution >= 4 is 11.6 Å². The molecule has 2 aromatic carbocycles. The smallest absolute Gasteiger partial charge is 0.235 e. The molecule has 0 spiro atoms. The van der Waals surface area contributed by atoms with Crippen LogP contribution in [0.2, 0.25) is 0 Å². The largest absolute Gasteiger partial charge is 0.494 e. The van der Waals surface area contributed by atoms with E-state index in [1.165, 1.54) is 5.69 Å². The van der Waals surface area contributed by atoms with Crippen LogP contribution in [0.1, 0.15) is 12.6 Å². The van der Waals surface area contributed by atoms with Crippen LogP contribution in [0, 0.1) is 11.3 Å². The van der Waals surface area contributed by atoms with Gasteiger partial charge in [-0.2, -0.15) is 10.2 Å². The monoisotopic (exact) mass is 374 g/mol. The molecule has 0 unspecified atom stereocenters. The summed E-state index contributed by atoms with van der Waals surface area (Å²) < 4.78 is 11.5. The summed E-state index contributed by atoms with van der Waals surface area (Å²) in [7, 11) is 0. The van der Waals surface area contributed by atoms with Gasteiger partial charge in [0, 0.05) is 37.4 Å². The summed E-state index contributed by atoms with van der Waals surface area (Å²) in [5, 5.41) is 9.52. The average molecular weight is 374 g/mol. The van der Waals surface area contributed by atoms with Crippen LogP contribution in [0.25, 0.3) is 11.5 Å². The Kier molecular flexibility index (Phi) is 5.16. The molecule has 6 nitrogen and oxygen atoms in total. The van der Waals surface area contributed by atoms with Crippen LogP contribution in [-0.4, -0.2) is 37.8 Å². The van der Waals surface area contributed by atoms with Gasteiger partial charge in [0.2, 0.25) is 17.5 Å². The summed E-state index contributed by atoms with van der Waals surface area (Å²) in [6.45, 7) is 5.87. The highest BCUT2D eigenvalue weighted by Crippen LogP contribution is 2.30. The van der Waals surface area contributed by atoms with Crippen molar-refractivity contribution in [2.45, 2.75) is 6.92 Å². The maximum atomic E-state index is 9.52. The Morgan fingerprint density at radius 2 is 1.68 bits per heavy atom. The Hall–Kier alpha value is -3.46. The van der Waals surface area contributed by atoms with Crippen molar-refractivity contribution in [3.05, 3.63) is 60.3 Å². The van der Waals surface area contributed by atoms with Gasteiger partial charge in [0.25, 0.3) is 0 Å². The Bertz CT molecular complexity index is 952. The normalized spacial score (nSPS) is 14.0. The molecular formula is C22H22N4O2. The lowest BCUT2D eigenvalue weighted by Crippen LogP contribution is -2.46. The van der Waals surface area contributed by atoms with Crippen molar-refractivity contribution in [3.63, 3.8) is 0 Å². The molecule has 6 heteroatoms. The summed E-state index contributed by atoms with van der Waals surface area (Å²) in [4.78, 5) is 8.84. The van der Waals surface area contributed by atoms with E-state index < -0.39 is 0 Å². The predicted molar refractivity (Wildman–Crippen MR) is 109 cm³/mol. The van der Waals surface area contributed by atoms with Crippen LogP contribution in [0.5, 0.6) is 5.75 Å². The molecular weight excluding hydrogens is 352 g/mol. The first-order chi connectivity index (χ1) is 13.8. The van der Waals surface area contributed by atoms with E-state index >= 15 is 0 Å². The van der Waals surface area contributed by atoms with Gasteiger partial charge in [-0.05, 0) is 43.3 Å². The maximum absolute atomic E-state index is 9.52. The summed E-state index contributed by atoms with van der Waals surface area (Å²) in [6.07, 6.45) is 0. The molecule has 0 aliphatic carbocycles. The second-order valence-electron chi connectivity index (χ2n) is 6.55. The molecule has 0 bridgehead atoms. The van der Waals surface area contributed by atoms with E-state index in [0.717, 1.165) is 37.5 Å². The van der Waals surface area contributed by atoms with Crippen LogP contribution in [0.15, 0.2) is 59.0 Å². The van der Waals surface area contributed by atoms with Crippen LogP contribution >= 0.6 is 0 Å². The lowest BCUT2D eigenvalue weighted by molar-refractivity contribution is 0.340. The number of nitrogens with zero attached hydrogens (tertiary/aromatic N) is 4. The Labute approximate surface area is 164 Å². The number of para-hydroxylation sites is 1. The van der Waals surface area contributed by atoms with Crippen molar-refractivity contribution in [1.82, 2.24) is 4.98 Å². The molecule has 0 amide bonds. The van der Waals surface area contributed by atoms with Crippen molar-refractivity contribution in [1.29, 1.82) is 5.26 Å². The molecule has 2 heterocycles. The number of rotatable bonds is 5. The van der Waals surface area contributed by atoms with Crippen molar-refractivity contribution in [2.75, 3.05) is 42.6 Å². The molecule has 1 fully saturated rings.